The van der Waals surface area contributed by atoms with Crippen molar-refractivity contribution < 1.29 is 27.2 Å². The molecule has 0 aromatic heterocycles. The van der Waals surface area contributed by atoms with Crippen molar-refractivity contribution in [2.75, 3.05) is 0 Å². The molecule has 0 radical (unpaired) electrons. The molecule has 0 spiro atoms. The highest BCUT2D eigenvalue weighted by Gasteiger charge is 2.61. The lowest BCUT2D eigenvalue weighted by Gasteiger charge is -2.45. The summed E-state index contributed by atoms with van der Waals surface area (Å²) in [5, 5.41) is 0. The van der Waals surface area contributed by atoms with Crippen molar-refractivity contribution in [3.63, 3.8) is 0 Å². The molecule has 2 rings (SSSR count). The highest BCUT2D eigenvalue weighted by atomic mass is 19.4. The van der Waals surface area contributed by atoms with Crippen LogP contribution in [0.5, 0.6) is 0 Å². The van der Waals surface area contributed by atoms with Crippen molar-refractivity contribution >= 4 is 7.12 Å². The molecule has 1 saturated carbocycles. The number of rotatable bonds is 4. The molecule has 3 nitrogen and oxygen atoms in total. The summed E-state index contributed by atoms with van der Waals surface area (Å²) in [5.41, 5.74) is -2.97. The highest BCUT2D eigenvalue weighted by Crippen LogP contribution is 2.50. The molecule has 7 heteroatoms. The van der Waals surface area contributed by atoms with E-state index in [2.05, 4.69) is 0 Å². The molecule has 1 unspecified atom stereocenters. The molecule has 0 amide bonds. The van der Waals surface area contributed by atoms with E-state index < -0.39 is 36.2 Å². The summed E-state index contributed by atoms with van der Waals surface area (Å²) in [4.78, 5) is 0. The minimum Gasteiger partial charge on any atom is -0.403 e. The molecule has 1 saturated heterocycles. The Balaban J connectivity index is 2.03. The van der Waals surface area contributed by atoms with Gasteiger partial charge in [0.25, 0.3) is 0 Å². The summed E-state index contributed by atoms with van der Waals surface area (Å²) in [5.74, 6) is -0.291. The van der Waals surface area contributed by atoms with Crippen molar-refractivity contribution in [1.29, 1.82) is 0 Å². The van der Waals surface area contributed by atoms with E-state index in [1.807, 2.05) is 34.6 Å². The Morgan fingerprint density at radius 2 is 1.45 bits per heavy atom. The number of ether oxygens (including phenoxy) is 1. The van der Waals surface area contributed by atoms with E-state index >= 15 is 0 Å². The van der Waals surface area contributed by atoms with Gasteiger partial charge in [0.05, 0.1) is 17.3 Å². The maximum absolute atomic E-state index is 13.2. The van der Waals surface area contributed by atoms with Gasteiger partial charge in [0.15, 0.2) is 5.60 Å². The van der Waals surface area contributed by atoms with Crippen LogP contribution in [0.4, 0.5) is 13.2 Å². The Morgan fingerprint density at radius 1 is 1.00 bits per heavy atom. The monoisotopic (exact) mass is 322 g/mol. The second-order valence-electron chi connectivity index (χ2n) is 7.65. The molecule has 0 aromatic carbocycles. The van der Waals surface area contributed by atoms with Crippen molar-refractivity contribution in [2.24, 2.45) is 0 Å². The summed E-state index contributed by atoms with van der Waals surface area (Å²) >= 11 is 0. The number of halogens is 3. The topological polar surface area (TPSA) is 27.7 Å². The Labute approximate surface area is 131 Å². The zero-order valence-electron chi connectivity index (χ0n) is 14.2. The van der Waals surface area contributed by atoms with Crippen LogP contribution in [0, 0.1) is 0 Å². The van der Waals surface area contributed by atoms with Gasteiger partial charge in [-0.2, -0.15) is 13.2 Å². The molecule has 2 aliphatic rings. The average Bonchev–Trinajstić information content (AvgIpc) is 2.50. The molecule has 1 aliphatic heterocycles. The van der Waals surface area contributed by atoms with Gasteiger partial charge in [0.2, 0.25) is 0 Å². The lowest BCUT2D eigenvalue weighted by atomic mass is 9.69. The van der Waals surface area contributed by atoms with E-state index in [1.54, 1.807) is 6.92 Å². The smallest absolute Gasteiger partial charge is 0.403 e. The zero-order chi connectivity index (χ0) is 17.0. The van der Waals surface area contributed by atoms with Gasteiger partial charge < -0.3 is 14.0 Å². The highest BCUT2D eigenvalue weighted by molar-refractivity contribution is 6.47. The molecular formula is C15H26BF3O3. The number of hydrogen-bond donors (Lipinski definition) is 0. The molecule has 2 fully saturated rings. The average molecular weight is 322 g/mol. The third kappa shape index (κ3) is 2.92. The van der Waals surface area contributed by atoms with Gasteiger partial charge in [-0.3, -0.25) is 0 Å². The van der Waals surface area contributed by atoms with Gasteiger partial charge in [0, 0.05) is 5.82 Å². The van der Waals surface area contributed by atoms with Crippen LogP contribution < -0.4 is 0 Å². The van der Waals surface area contributed by atoms with Crippen LogP contribution in [0.25, 0.3) is 0 Å². The normalized spacial score (nSPS) is 29.0. The fourth-order valence-corrected chi connectivity index (χ4v) is 2.75. The molecule has 128 valence electrons. The van der Waals surface area contributed by atoms with Gasteiger partial charge in [-0.25, -0.2) is 0 Å². The SMILES string of the molecule is CC(OC1(C(F)(F)F)CCC1)[C@H](C)B1OC(C)(C)C(C)(C)O1. The van der Waals surface area contributed by atoms with Crippen LogP contribution in [0.1, 0.15) is 60.8 Å². The maximum atomic E-state index is 13.2. The molecular weight excluding hydrogens is 296 g/mol. The van der Waals surface area contributed by atoms with Gasteiger partial charge in [-0.15, -0.1) is 0 Å². The van der Waals surface area contributed by atoms with Crippen LogP contribution >= 0.6 is 0 Å². The molecule has 0 N–H and O–H groups in total. The van der Waals surface area contributed by atoms with Crippen LogP contribution in [0.2, 0.25) is 5.82 Å². The first-order valence-electron chi connectivity index (χ1n) is 7.91. The molecule has 0 bridgehead atoms. The zero-order valence-corrected chi connectivity index (χ0v) is 14.2. The Bertz CT molecular complexity index is 403. The lowest BCUT2D eigenvalue weighted by molar-refractivity contribution is -0.315. The summed E-state index contributed by atoms with van der Waals surface area (Å²) < 4.78 is 56.9. The first-order valence-corrected chi connectivity index (χ1v) is 7.91. The third-order valence-corrected chi connectivity index (χ3v) is 5.53. The van der Waals surface area contributed by atoms with E-state index in [0.717, 1.165) is 0 Å². The summed E-state index contributed by atoms with van der Waals surface area (Å²) in [6.07, 6.45) is -4.29. The van der Waals surface area contributed by atoms with E-state index in [4.69, 9.17) is 14.0 Å². The number of alkyl halides is 3. The van der Waals surface area contributed by atoms with Crippen LogP contribution in [-0.4, -0.2) is 36.2 Å². The van der Waals surface area contributed by atoms with Crippen LogP contribution in [-0.2, 0) is 14.0 Å². The fraction of sp³-hybridized carbons (Fsp3) is 1.00. The molecule has 22 heavy (non-hydrogen) atoms. The third-order valence-electron chi connectivity index (χ3n) is 5.53. The minimum atomic E-state index is -4.32. The van der Waals surface area contributed by atoms with Crippen LogP contribution in [0.15, 0.2) is 0 Å². The quantitative estimate of drug-likeness (QED) is 0.720. The molecule has 0 aromatic rings. The van der Waals surface area contributed by atoms with Gasteiger partial charge in [0.1, 0.15) is 0 Å². The molecule has 1 aliphatic carbocycles. The predicted molar refractivity (Wildman–Crippen MR) is 78.7 cm³/mol. The van der Waals surface area contributed by atoms with Crippen molar-refractivity contribution in [2.45, 2.75) is 95.7 Å². The first kappa shape index (κ1) is 18.1. The van der Waals surface area contributed by atoms with E-state index in [0.29, 0.717) is 6.42 Å². The summed E-state index contributed by atoms with van der Waals surface area (Å²) in [6, 6.07) is 0. The van der Waals surface area contributed by atoms with E-state index in [9.17, 15) is 13.2 Å². The number of hydrogen-bond acceptors (Lipinski definition) is 3. The largest absolute Gasteiger partial charge is 0.463 e. The Morgan fingerprint density at radius 3 is 1.77 bits per heavy atom. The van der Waals surface area contributed by atoms with E-state index in [-0.39, 0.29) is 18.7 Å². The molecule has 1 heterocycles. The van der Waals surface area contributed by atoms with Gasteiger partial charge in [-0.1, -0.05) is 6.92 Å². The van der Waals surface area contributed by atoms with Crippen molar-refractivity contribution in [3.05, 3.63) is 0 Å². The fourth-order valence-electron chi connectivity index (χ4n) is 2.75. The lowest BCUT2D eigenvalue weighted by Crippen LogP contribution is -2.55. The van der Waals surface area contributed by atoms with Crippen molar-refractivity contribution in [1.82, 2.24) is 0 Å². The Kier molecular flexibility index (Phi) is 4.42. The second-order valence-corrected chi connectivity index (χ2v) is 7.65. The van der Waals surface area contributed by atoms with E-state index in [1.165, 1.54) is 0 Å². The first-order chi connectivity index (χ1) is 9.81. The summed E-state index contributed by atoms with van der Waals surface area (Å²) in [7, 11) is -0.564. The predicted octanol–water partition coefficient (Wildman–Crippen LogP) is 4.36. The van der Waals surface area contributed by atoms with Crippen LogP contribution in [0.3, 0.4) is 0 Å². The van der Waals surface area contributed by atoms with Gasteiger partial charge >= 0.3 is 13.3 Å². The second kappa shape index (κ2) is 5.38. The van der Waals surface area contributed by atoms with Crippen molar-refractivity contribution in [3.8, 4) is 0 Å². The maximum Gasteiger partial charge on any atom is 0.463 e. The molecule has 2 atom stereocenters. The van der Waals surface area contributed by atoms with Gasteiger partial charge in [-0.05, 0) is 53.9 Å². The summed E-state index contributed by atoms with van der Waals surface area (Å²) in [6.45, 7) is 11.2. The standard InChI is InChI=1S/C15H26BF3O3/c1-10(16-21-12(3,4)13(5,6)22-16)11(2)20-14(8-7-9-14)15(17,18)19/h10-11H,7-9H2,1-6H3/t10-,11?/m0/s1. The minimum absolute atomic E-state index is 0.0386. The Hall–Kier alpha value is -0.265.